The first kappa shape index (κ1) is 9.79. The van der Waals surface area contributed by atoms with Crippen LogP contribution in [0, 0.1) is 11.8 Å². The Morgan fingerprint density at radius 1 is 1.33 bits per heavy atom. The lowest BCUT2D eigenvalue weighted by molar-refractivity contribution is 0.0796. The first-order valence-corrected chi connectivity index (χ1v) is 5.07. The van der Waals surface area contributed by atoms with E-state index in [0.717, 1.165) is 31.5 Å². The van der Waals surface area contributed by atoms with Gasteiger partial charge in [-0.1, -0.05) is 26.0 Å². The largest absolute Gasteiger partial charge is 0.381 e. The molecule has 0 bridgehead atoms. The average Bonchev–Trinajstić information content (AvgIpc) is 2.09. The molecule has 0 N–H and O–H groups in total. The zero-order valence-electron chi connectivity index (χ0n) is 8.25. The van der Waals surface area contributed by atoms with Gasteiger partial charge in [0.25, 0.3) is 0 Å². The molecular formula is C11H20O. The SMILES string of the molecule is CCCOCC1CC=CCC1C. The average molecular weight is 168 g/mol. The van der Waals surface area contributed by atoms with Crippen LogP contribution in [0.1, 0.15) is 33.1 Å². The molecule has 0 aromatic rings. The third kappa shape index (κ3) is 2.98. The minimum absolute atomic E-state index is 0.765. The Labute approximate surface area is 75.8 Å². The molecule has 0 aromatic carbocycles. The van der Waals surface area contributed by atoms with Gasteiger partial charge in [-0.05, 0) is 31.1 Å². The van der Waals surface area contributed by atoms with Crippen LogP contribution in [-0.2, 0) is 4.74 Å². The minimum atomic E-state index is 0.765. The normalized spacial score (nSPS) is 29.2. The van der Waals surface area contributed by atoms with Crippen molar-refractivity contribution in [2.45, 2.75) is 33.1 Å². The fourth-order valence-corrected chi connectivity index (χ4v) is 1.62. The highest BCUT2D eigenvalue weighted by molar-refractivity contribution is 4.93. The lowest BCUT2D eigenvalue weighted by Crippen LogP contribution is -2.19. The van der Waals surface area contributed by atoms with Gasteiger partial charge < -0.3 is 4.74 Å². The maximum atomic E-state index is 5.56. The molecule has 0 spiro atoms. The molecule has 12 heavy (non-hydrogen) atoms. The molecule has 1 rings (SSSR count). The van der Waals surface area contributed by atoms with Gasteiger partial charge in [0.15, 0.2) is 0 Å². The molecule has 0 amide bonds. The fraction of sp³-hybridized carbons (Fsp3) is 0.818. The molecule has 1 aliphatic rings. The van der Waals surface area contributed by atoms with Crippen molar-refractivity contribution in [1.29, 1.82) is 0 Å². The van der Waals surface area contributed by atoms with Crippen LogP contribution in [0.25, 0.3) is 0 Å². The van der Waals surface area contributed by atoms with E-state index in [9.17, 15) is 0 Å². The predicted octanol–water partition coefficient (Wildman–Crippen LogP) is 3.02. The maximum Gasteiger partial charge on any atom is 0.0499 e. The van der Waals surface area contributed by atoms with Crippen molar-refractivity contribution in [3.8, 4) is 0 Å². The van der Waals surface area contributed by atoms with Gasteiger partial charge in [0.05, 0.1) is 0 Å². The summed E-state index contributed by atoms with van der Waals surface area (Å²) in [7, 11) is 0. The lowest BCUT2D eigenvalue weighted by Gasteiger charge is -2.24. The molecular weight excluding hydrogens is 148 g/mol. The molecule has 0 saturated heterocycles. The second-order valence-electron chi connectivity index (χ2n) is 3.76. The molecule has 1 nitrogen and oxygen atoms in total. The Morgan fingerprint density at radius 2 is 2.08 bits per heavy atom. The van der Waals surface area contributed by atoms with E-state index in [-0.39, 0.29) is 0 Å². The predicted molar refractivity (Wildman–Crippen MR) is 52.1 cm³/mol. The van der Waals surface area contributed by atoms with Gasteiger partial charge >= 0.3 is 0 Å². The van der Waals surface area contributed by atoms with Crippen molar-refractivity contribution in [2.24, 2.45) is 11.8 Å². The highest BCUT2D eigenvalue weighted by atomic mass is 16.5. The maximum absolute atomic E-state index is 5.56. The van der Waals surface area contributed by atoms with Gasteiger partial charge in [0.2, 0.25) is 0 Å². The summed E-state index contributed by atoms with van der Waals surface area (Å²) in [6, 6.07) is 0. The first-order chi connectivity index (χ1) is 5.84. The molecule has 0 fully saturated rings. The summed E-state index contributed by atoms with van der Waals surface area (Å²) in [5, 5.41) is 0. The Morgan fingerprint density at radius 3 is 2.75 bits per heavy atom. The van der Waals surface area contributed by atoms with Gasteiger partial charge in [-0.3, -0.25) is 0 Å². The monoisotopic (exact) mass is 168 g/mol. The highest BCUT2D eigenvalue weighted by Crippen LogP contribution is 2.24. The Kier molecular flexibility index (Phi) is 4.37. The summed E-state index contributed by atoms with van der Waals surface area (Å²) in [5.74, 6) is 1.58. The zero-order valence-corrected chi connectivity index (χ0v) is 8.25. The Hall–Kier alpha value is -0.300. The summed E-state index contributed by atoms with van der Waals surface area (Å²) in [5.41, 5.74) is 0. The van der Waals surface area contributed by atoms with Crippen LogP contribution in [0.4, 0.5) is 0 Å². The standard InChI is InChI=1S/C11H20O/c1-3-8-12-9-11-7-5-4-6-10(11)2/h4-5,10-11H,3,6-9H2,1-2H3. The van der Waals surface area contributed by atoms with Crippen molar-refractivity contribution >= 4 is 0 Å². The smallest absolute Gasteiger partial charge is 0.0499 e. The van der Waals surface area contributed by atoms with Crippen LogP contribution in [0.5, 0.6) is 0 Å². The van der Waals surface area contributed by atoms with Gasteiger partial charge in [-0.25, -0.2) is 0 Å². The van der Waals surface area contributed by atoms with Gasteiger partial charge in [-0.15, -0.1) is 0 Å². The summed E-state index contributed by atoms with van der Waals surface area (Å²) in [6.07, 6.45) is 8.17. The van der Waals surface area contributed by atoms with E-state index in [1.165, 1.54) is 12.8 Å². The molecule has 0 radical (unpaired) electrons. The second kappa shape index (κ2) is 5.36. The molecule has 0 saturated carbocycles. The van der Waals surface area contributed by atoms with Crippen molar-refractivity contribution in [3.63, 3.8) is 0 Å². The quantitative estimate of drug-likeness (QED) is 0.463. The summed E-state index contributed by atoms with van der Waals surface area (Å²) >= 11 is 0. The molecule has 2 unspecified atom stereocenters. The molecule has 0 aliphatic heterocycles. The number of hydrogen-bond acceptors (Lipinski definition) is 1. The van der Waals surface area contributed by atoms with Crippen LogP contribution < -0.4 is 0 Å². The molecule has 1 aliphatic carbocycles. The summed E-state index contributed by atoms with van der Waals surface area (Å²) in [4.78, 5) is 0. The zero-order chi connectivity index (χ0) is 8.81. The van der Waals surface area contributed by atoms with E-state index in [4.69, 9.17) is 4.74 Å². The van der Waals surface area contributed by atoms with Gasteiger partial charge in [0.1, 0.15) is 0 Å². The second-order valence-corrected chi connectivity index (χ2v) is 3.76. The van der Waals surface area contributed by atoms with Crippen LogP contribution in [0.15, 0.2) is 12.2 Å². The number of ether oxygens (including phenoxy) is 1. The van der Waals surface area contributed by atoms with Crippen LogP contribution in [-0.4, -0.2) is 13.2 Å². The molecule has 1 heteroatoms. The topological polar surface area (TPSA) is 9.23 Å². The van der Waals surface area contributed by atoms with Gasteiger partial charge in [0, 0.05) is 13.2 Å². The molecule has 0 heterocycles. The van der Waals surface area contributed by atoms with E-state index in [1.807, 2.05) is 0 Å². The third-order valence-electron chi connectivity index (χ3n) is 2.60. The van der Waals surface area contributed by atoms with Crippen molar-refractivity contribution in [1.82, 2.24) is 0 Å². The van der Waals surface area contributed by atoms with Crippen LogP contribution in [0.3, 0.4) is 0 Å². The van der Waals surface area contributed by atoms with Gasteiger partial charge in [-0.2, -0.15) is 0 Å². The van der Waals surface area contributed by atoms with Crippen LogP contribution >= 0.6 is 0 Å². The first-order valence-electron chi connectivity index (χ1n) is 5.07. The van der Waals surface area contributed by atoms with E-state index in [1.54, 1.807) is 0 Å². The molecule has 70 valence electrons. The molecule has 0 aromatic heterocycles. The van der Waals surface area contributed by atoms with E-state index >= 15 is 0 Å². The minimum Gasteiger partial charge on any atom is -0.381 e. The van der Waals surface area contributed by atoms with E-state index in [0.29, 0.717) is 0 Å². The van der Waals surface area contributed by atoms with E-state index in [2.05, 4.69) is 26.0 Å². The summed E-state index contributed by atoms with van der Waals surface area (Å²) in [6.45, 7) is 6.36. The summed E-state index contributed by atoms with van der Waals surface area (Å²) < 4.78 is 5.56. The number of hydrogen-bond donors (Lipinski definition) is 0. The van der Waals surface area contributed by atoms with Crippen molar-refractivity contribution < 1.29 is 4.74 Å². The highest BCUT2D eigenvalue weighted by Gasteiger charge is 2.17. The fourth-order valence-electron chi connectivity index (χ4n) is 1.62. The molecule has 2 atom stereocenters. The van der Waals surface area contributed by atoms with Crippen molar-refractivity contribution in [3.05, 3.63) is 12.2 Å². The lowest BCUT2D eigenvalue weighted by atomic mass is 9.85. The van der Waals surface area contributed by atoms with E-state index < -0.39 is 0 Å². The van der Waals surface area contributed by atoms with Crippen LogP contribution in [0.2, 0.25) is 0 Å². The number of rotatable bonds is 4. The Balaban J connectivity index is 2.17. The number of allylic oxidation sites excluding steroid dienone is 2. The van der Waals surface area contributed by atoms with Crippen molar-refractivity contribution in [2.75, 3.05) is 13.2 Å². The third-order valence-corrected chi connectivity index (χ3v) is 2.60. The Bertz CT molecular complexity index is 140.